The van der Waals surface area contributed by atoms with E-state index in [2.05, 4.69) is 15.9 Å². The molecular formula is C10H10BrNO3. The summed E-state index contributed by atoms with van der Waals surface area (Å²) in [6.45, 7) is 3.41. The van der Waals surface area contributed by atoms with Gasteiger partial charge in [-0.3, -0.25) is 10.1 Å². The zero-order valence-electron chi connectivity index (χ0n) is 8.36. The van der Waals surface area contributed by atoms with Crippen molar-refractivity contribution < 1.29 is 9.72 Å². The van der Waals surface area contributed by atoms with E-state index in [4.69, 9.17) is 0 Å². The minimum absolute atomic E-state index is 0.0850. The highest BCUT2D eigenvalue weighted by Crippen LogP contribution is 2.29. The topological polar surface area (TPSA) is 60.2 Å². The van der Waals surface area contributed by atoms with Gasteiger partial charge in [-0.1, -0.05) is 15.9 Å². The number of benzene rings is 1. The molecule has 0 heterocycles. The van der Waals surface area contributed by atoms with Gasteiger partial charge in [0.1, 0.15) is 6.29 Å². The van der Waals surface area contributed by atoms with Crippen LogP contribution in [0.4, 0.5) is 5.69 Å². The quantitative estimate of drug-likeness (QED) is 0.368. The molecule has 1 unspecified atom stereocenters. The van der Waals surface area contributed by atoms with Crippen LogP contribution in [0.5, 0.6) is 0 Å². The molecule has 80 valence electrons. The van der Waals surface area contributed by atoms with E-state index in [-0.39, 0.29) is 5.69 Å². The lowest BCUT2D eigenvalue weighted by Crippen LogP contribution is -1.99. The van der Waals surface area contributed by atoms with E-state index in [1.807, 2.05) is 0 Å². The Kier molecular flexibility index (Phi) is 3.57. The van der Waals surface area contributed by atoms with E-state index in [9.17, 15) is 14.9 Å². The molecule has 0 saturated heterocycles. The summed E-state index contributed by atoms with van der Waals surface area (Å²) in [5.74, 6) is 0. The van der Waals surface area contributed by atoms with Gasteiger partial charge < -0.3 is 4.79 Å². The molecule has 0 fully saturated rings. The molecule has 0 amide bonds. The third-order valence-corrected chi connectivity index (χ3v) is 2.91. The van der Waals surface area contributed by atoms with Gasteiger partial charge in [-0.15, -0.1) is 0 Å². The molecule has 0 aromatic heterocycles. The number of hydrogen-bond acceptors (Lipinski definition) is 3. The predicted molar refractivity (Wildman–Crippen MR) is 60.3 cm³/mol. The number of carbonyl (C=O) groups is 1. The van der Waals surface area contributed by atoms with Crippen molar-refractivity contribution in [2.75, 3.05) is 0 Å². The summed E-state index contributed by atoms with van der Waals surface area (Å²) in [6.07, 6.45) is 0.758. The van der Waals surface area contributed by atoms with Crippen LogP contribution in [0.1, 0.15) is 21.5 Å². The molecule has 0 aliphatic carbocycles. The van der Waals surface area contributed by atoms with Crippen LogP contribution in [-0.2, 0) is 4.79 Å². The standard InChI is InChI=1S/C10H10BrNO3/c1-6-4-10(12(14)15)7(2)3-8(6)9(11)5-13/h3-5,9H,1-2H3. The second-order valence-electron chi connectivity index (χ2n) is 3.29. The third-order valence-electron chi connectivity index (χ3n) is 2.20. The number of halogens is 1. The van der Waals surface area contributed by atoms with Gasteiger partial charge in [0.05, 0.1) is 9.75 Å². The number of nitro groups is 1. The number of rotatable bonds is 3. The summed E-state index contributed by atoms with van der Waals surface area (Å²) in [5, 5.41) is 10.6. The Labute approximate surface area is 95.6 Å². The normalized spacial score (nSPS) is 12.2. The lowest BCUT2D eigenvalue weighted by atomic mass is 10.0. The van der Waals surface area contributed by atoms with Gasteiger partial charge in [0.15, 0.2) is 0 Å². The van der Waals surface area contributed by atoms with Gasteiger partial charge in [0.25, 0.3) is 5.69 Å². The molecule has 5 heteroatoms. The summed E-state index contributed by atoms with van der Waals surface area (Å²) in [6, 6.07) is 3.16. The SMILES string of the molecule is Cc1cc([N+](=O)[O-])c(C)cc1C(Br)C=O. The van der Waals surface area contributed by atoms with Crippen LogP contribution in [0.25, 0.3) is 0 Å². The zero-order valence-corrected chi connectivity index (χ0v) is 9.95. The summed E-state index contributed by atoms with van der Waals surface area (Å²) in [7, 11) is 0. The third kappa shape index (κ3) is 2.41. The maximum atomic E-state index is 10.6. The molecule has 4 nitrogen and oxygen atoms in total. The minimum Gasteiger partial charge on any atom is -0.302 e. The molecule has 0 aliphatic rings. The molecule has 0 bridgehead atoms. The predicted octanol–water partition coefficient (Wildman–Crippen LogP) is 2.85. The van der Waals surface area contributed by atoms with Crippen molar-refractivity contribution in [3.63, 3.8) is 0 Å². The van der Waals surface area contributed by atoms with E-state index in [0.717, 1.165) is 17.4 Å². The van der Waals surface area contributed by atoms with Crippen LogP contribution in [0.2, 0.25) is 0 Å². The van der Waals surface area contributed by atoms with E-state index in [1.54, 1.807) is 19.9 Å². The average Bonchev–Trinajstić information content (AvgIpc) is 2.19. The molecule has 0 radical (unpaired) electrons. The molecular weight excluding hydrogens is 262 g/mol. The Hall–Kier alpha value is -1.23. The monoisotopic (exact) mass is 271 g/mol. The van der Waals surface area contributed by atoms with Crippen molar-refractivity contribution in [1.82, 2.24) is 0 Å². The highest BCUT2D eigenvalue weighted by molar-refractivity contribution is 9.09. The van der Waals surface area contributed by atoms with Gasteiger partial charge in [-0.05, 0) is 31.0 Å². The Bertz CT molecular complexity index is 417. The van der Waals surface area contributed by atoms with Crippen LogP contribution in [-0.4, -0.2) is 11.2 Å². The second-order valence-corrected chi connectivity index (χ2v) is 4.28. The fourth-order valence-corrected chi connectivity index (χ4v) is 1.88. The Balaban J connectivity index is 3.31. The Morgan fingerprint density at radius 2 is 2.00 bits per heavy atom. The van der Waals surface area contributed by atoms with Crippen LogP contribution in [0.15, 0.2) is 12.1 Å². The molecule has 0 aliphatic heterocycles. The van der Waals surface area contributed by atoms with E-state index >= 15 is 0 Å². The van der Waals surface area contributed by atoms with E-state index in [1.165, 1.54) is 6.07 Å². The van der Waals surface area contributed by atoms with Crippen molar-refractivity contribution in [2.24, 2.45) is 0 Å². The second kappa shape index (κ2) is 4.53. The average molecular weight is 272 g/mol. The first kappa shape index (κ1) is 11.8. The summed E-state index contributed by atoms with van der Waals surface area (Å²) in [5.41, 5.74) is 2.16. The molecule has 1 atom stereocenters. The van der Waals surface area contributed by atoms with Crippen molar-refractivity contribution in [3.05, 3.63) is 38.9 Å². The minimum atomic E-state index is -0.420. The number of nitrogens with zero attached hydrogens (tertiary/aromatic N) is 1. The fourth-order valence-electron chi connectivity index (χ4n) is 1.39. The lowest BCUT2D eigenvalue weighted by molar-refractivity contribution is -0.385. The summed E-state index contributed by atoms with van der Waals surface area (Å²) < 4.78 is 0. The van der Waals surface area contributed by atoms with Crippen LogP contribution >= 0.6 is 15.9 Å². The van der Waals surface area contributed by atoms with Crippen LogP contribution in [0, 0.1) is 24.0 Å². The summed E-state index contributed by atoms with van der Waals surface area (Å²) >= 11 is 3.19. The number of hydrogen-bond donors (Lipinski definition) is 0. The molecule has 0 saturated carbocycles. The van der Waals surface area contributed by atoms with Crippen molar-refractivity contribution in [2.45, 2.75) is 18.7 Å². The van der Waals surface area contributed by atoms with Gasteiger partial charge in [0.2, 0.25) is 0 Å². The number of carbonyl (C=O) groups excluding carboxylic acids is 1. The molecule has 0 spiro atoms. The highest BCUT2D eigenvalue weighted by atomic mass is 79.9. The van der Waals surface area contributed by atoms with Crippen molar-refractivity contribution in [1.29, 1.82) is 0 Å². The first-order valence-electron chi connectivity index (χ1n) is 4.32. The zero-order chi connectivity index (χ0) is 11.6. The molecule has 15 heavy (non-hydrogen) atoms. The van der Waals surface area contributed by atoms with Gasteiger partial charge in [0, 0.05) is 11.6 Å². The number of aryl methyl sites for hydroxylation is 2. The molecule has 1 aromatic rings. The maximum absolute atomic E-state index is 10.6. The maximum Gasteiger partial charge on any atom is 0.272 e. The summed E-state index contributed by atoms with van der Waals surface area (Å²) in [4.78, 5) is 20.4. The van der Waals surface area contributed by atoms with Crippen molar-refractivity contribution in [3.8, 4) is 0 Å². The first-order valence-corrected chi connectivity index (χ1v) is 5.24. The van der Waals surface area contributed by atoms with E-state index in [0.29, 0.717) is 5.56 Å². The largest absolute Gasteiger partial charge is 0.302 e. The Morgan fingerprint density at radius 1 is 1.40 bits per heavy atom. The smallest absolute Gasteiger partial charge is 0.272 e. The fraction of sp³-hybridized carbons (Fsp3) is 0.300. The Morgan fingerprint density at radius 3 is 2.47 bits per heavy atom. The van der Waals surface area contributed by atoms with Gasteiger partial charge >= 0.3 is 0 Å². The number of nitro benzene ring substituents is 1. The highest BCUT2D eigenvalue weighted by Gasteiger charge is 2.16. The van der Waals surface area contributed by atoms with Crippen LogP contribution < -0.4 is 0 Å². The molecule has 1 rings (SSSR count). The molecule has 0 N–H and O–H groups in total. The van der Waals surface area contributed by atoms with Crippen LogP contribution in [0.3, 0.4) is 0 Å². The first-order chi connectivity index (χ1) is 6.97. The molecule has 1 aromatic carbocycles. The van der Waals surface area contributed by atoms with Crippen molar-refractivity contribution >= 4 is 27.9 Å². The lowest BCUT2D eigenvalue weighted by Gasteiger charge is -2.08. The van der Waals surface area contributed by atoms with E-state index < -0.39 is 9.75 Å². The van der Waals surface area contributed by atoms with Gasteiger partial charge in [-0.2, -0.15) is 0 Å². The number of alkyl halides is 1. The van der Waals surface area contributed by atoms with Gasteiger partial charge in [-0.25, -0.2) is 0 Å². The number of aldehydes is 1.